The second kappa shape index (κ2) is 7.61. The Labute approximate surface area is 133 Å². The zero-order chi connectivity index (χ0) is 15.1. The fourth-order valence-corrected chi connectivity index (χ4v) is 1.99. The highest BCUT2D eigenvalue weighted by atomic mass is 35.5. The van der Waals surface area contributed by atoms with Gasteiger partial charge < -0.3 is 10.1 Å². The van der Waals surface area contributed by atoms with Crippen LogP contribution in [0, 0.1) is 0 Å². The van der Waals surface area contributed by atoms with E-state index in [1.165, 1.54) is 0 Å². The number of hydrazone groups is 1. The molecule has 2 aromatic carbocycles. The van der Waals surface area contributed by atoms with Crippen molar-refractivity contribution in [1.82, 2.24) is 5.43 Å². The normalized spacial score (nSPS) is 10.4. The summed E-state index contributed by atoms with van der Waals surface area (Å²) in [5.74, 6) is 0.744. The predicted molar refractivity (Wildman–Crippen MR) is 91.4 cm³/mol. The van der Waals surface area contributed by atoms with Gasteiger partial charge in [0.1, 0.15) is 5.75 Å². The molecular formula is C15H14ClN3OS. The van der Waals surface area contributed by atoms with E-state index < -0.39 is 0 Å². The Bertz CT molecular complexity index is 661. The van der Waals surface area contributed by atoms with Crippen LogP contribution in [0.3, 0.4) is 0 Å². The smallest absolute Gasteiger partial charge is 0.191 e. The van der Waals surface area contributed by atoms with Crippen LogP contribution in [-0.4, -0.2) is 18.4 Å². The molecule has 0 saturated heterocycles. The van der Waals surface area contributed by atoms with E-state index in [1.54, 1.807) is 19.4 Å². The number of anilines is 1. The maximum absolute atomic E-state index is 6.03. The number of nitrogens with one attached hydrogen (secondary N) is 2. The number of thiocarbonyl (C=S) groups is 1. The summed E-state index contributed by atoms with van der Waals surface area (Å²) in [6.07, 6.45) is 1.64. The molecule has 0 heterocycles. The number of hydrogen-bond donors (Lipinski definition) is 2. The van der Waals surface area contributed by atoms with Crippen molar-refractivity contribution in [3.8, 4) is 5.75 Å². The fourth-order valence-electron chi connectivity index (χ4n) is 1.65. The lowest BCUT2D eigenvalue weighted by molar-refractivity contribution is 0.414. The van der Waals surface area contributed by atoms with E-state index >= 15 is 0 Å². The summed E-state index contributed by atoms with van der Waals surface area (Å²) in [6, 6.07) is 14.9. The lowest BCUT2D eigenvalue weighted by Gasteiger charge is -2.08. The Hall–Kier alpha value is -2.11. The second-order valence-corrected chi connectivity index (χ2v) is 4.86. The van der Waals surface area contributed by atoms with E-state index in [0.29, 0.717) is 10.1 Å². The second-order valence-electron chi connectivity index (χ2n) is 4.05. The minimum absolute atomic E-state index is 0.356. The van der Waals surface area contributed by atoms with Gasteiger partial charge in [0.25, 0.3) is 0 Å². The van der Waals surface area contributed by atoms with Gasteiger partial charge in [-0.25, -0.2) is 0 Å². The molecule has 0 atom stereocenters. The van der Waals surface area contributed by atoms with Gasteiger partial charge in [0.15, 0.2) is 5.11 Å². The highest BCUT2D eigenvalue weighted by molar-refractivity contribution is 7.80. The van der Waals surface area contributed by atoms with E-state index in [-0.39, 0.29) is 0 Å². The molecule has 2 aromatic rings. The van der Waals surface area contributed by atoms with Crippen LogP contribution in [0.25, 0.3) is 0 Å². The van der Waals surface area contributed by atoms with Gasteiger partial charge in [0.05, 0.1) is 24.0 Å². The Morgan fingerprint density at radius 2 is 1.90 bits per heavy atom. The molecule has 108 valence electrons. The topological polar surface area (TPSA) is 45.6 Å². The molecule has 0 radical (unpaired) electrons. The van der Waals surface area contributed by atoms with Crippen molar-refractivity contribution in [3.63, 3.8) is 0 Å². The van der Waals surface area contributed by atoms with E-state index in [1.807, 2.05) is 42.5 Å². The Morgan fingerprint density at radius 1 is 1.19 bits per heavy atom. The van der Waals surface area contributed by atoms with Crippen LogP contribution in [-0.2, 0) is 0 Å². The molecule has 0 bridgehead atoms. The monoisotopic (exact) mass is 319 g/mol. The van der Waals surface area contributed by atoms with Gasteiger partial charge >= 0.3 is 0 Å². The summed E-state index contributed by atoms with van der Waals surface area (Å²) in [6.45, 7) is 0. The molecule has 0 aliphatic carbocycles. The zero-order valence-electron chi connectivity index (χ0n) is 11.3. The third-order valence-corrected chi connectivity index (χ3v) is 3.15. The lowest BCUT2D eigenvalue weighted by atomic mass is 10.2. The summed E-state index contributed by atoms with van der Waals surface area (Å²) in [7, 11) is 1.61. The highest BCUT2D eigenvalue weighted by Gasteiger charge is 2.01. The first-order chi connectivity index (χ1) is 10.2. The lowest BCUT2D eigenvalue weighted by Crippen LogP contribution is -2.24. The molecule has 2 N–H and O–H groups in total. The van der Waals surface area contributed by atoms with Crippen LogP contribution in [0.2, 0.25) is 5.02 Å². The average molecular weight is 320 g/mol. The molecule has 0 saturated carbocycles. The van der Waals surface area contributed by atoms with Crippen LogP contribution in [0.4, 0.5) is 5.69 Å². The van der Waals surface area contributed by atoms with Crippen molar-refractivity contribution < 1.29 is 4.74 Å². The number of para-hydroxylation sites is 2. The first-order valence-corrected chi connectivity index (χ1v) is 6.97. The van der Waals surface area contributed by atoms with Gasteiger partial charge in [-0.05, 0) is 36.5 Å². The predicted octanol–water partition coefficient (Wildman–Crippen LogP) is 3.67. The van der Waals surface area contributed by atoms with Gasteiger partial charge in [-0.1, -0.05) is 35.9 Å². The summed E-state index contributed by atoms with van der Waals surface area (Å²) in [5, 5.41) is 7.99. The summed E-state index contributed by atoms with van der Waals surface area (Å²) < 4.78 is 5.23. The molecule has 2 rings (SSSR count). The average Bonchev–Trinajstić information content (AvgIpc) is 2.50. The molecule has 0 fully saturated rings. The number of hydrogen-bond acceptors (Lipinski definition) is 3. The number of halogens is 1. The zero-order valence-corrected chi connectivity index (χ0v) is 12.9. The number of rotatable bonds is 4. The fraction of sp³-hybridized carbons (Fsp3) is 0.0667. The summed E-state index contributed by atoms with van der Waals surface area (Å²) in [5.41, 5.74) is 4.31. The van der Waals surface area contributed by atoms with Crippen LogP contribution >= 0.6 is 23.8 Å². The van der Waals surface area contributed by atoms with Crippen LogP contribution < -0.4 is 15.5 Å². The first-order valence-electron chi connectivity index (χ1n) is 6.18. The van der Waals surface area contributed by atoms with Gasteiger partial charge in [-0.3, -0.25) is 5.43 Å². The Morgan fingerprint density at radius 3 is 2.67 bits per heavy atom. The standard InChI is InChI=1S/C15H14ClN3OS/c1-20-14-9-5-2-6-11(14)10-17-19-15(21)18-13-8-4-3-7-12(13)16/h2-10H,1H3,(H2,18,19,21)/b17-10+. The first kappa shape index (κ1) is 15.3. The molecule has 4 nitrogen and oxygen atoms in total. The van der Waals surface area contributed by atoms with Gasteiger partial charge in [-0.15, -0.1) is 0 Å². The maximum Gasteiger partial charge on any atom is 0.191 e. The number of methoxy groups -OCH3 is 1. The van der Waals surface area contributed by atoms with Gasteiger partial charge in [0.2, 0.25) is 0 Å². The third kappa shape index (κ3) is 4.44. The van der Waals surface area contributed by atoms with E-state index in [4.69, 9.17) is 28.6 Å². The third-order valence-electron chi connectivity index (χ3n) is 2.63. The van der Waals surface area contributed by atoms with Crippen molar-refractivity contribution in [2.75, 3.05) is 12.4 Å². The van der Waals surface area contributed by atoms with Crippen LogP contribution in [0.5, 0.6) is 5.75 Å². The van der Waals surface area contributed by atoms with Gasteiger partial charge in [-0.2, -0.15) is 5.10 Å². The minimum atomic E-state index is 0.356. The molecule has 0 aliphatic rings. The molecular weight excluding hydrogens is 306 g/mol. The number of nitrogens with zero attached hydrogens (tertiary/aromatic N) is 1. The largest absolute Gasteiger partial charge is 0.496 e. The number of ether oxygens (including phenoxy) is 1. The van der Waals surface area contributed by atoms with Crippen molar-refractivity contribution in [2.24, 2.45) is 5.10 Å². The molecule has 6 heteroatoms. The quantitative estimate of drug-likeness (QED) is 0.513. The molecule has 0 spiro atoms. The Balaban J connectivity index is 1.95. The van der Waals surface area contributed by atoms with Crippen molar-refractivity contribution >= 4 is 40.8 Å². The minimum Gasteiger partial charge on any atom is -0.496 e. The van der Waals surface area contributed by atoms with E-state index in [2.05, 4.69) is 15.8 Å². The highest BCUT2D eigenvalue weighted by Crippen LogP contribution is 2.20. The SMILES string of the molecule is COc1ccccc1/C=N/NC(=S)Nc1ccccc1Cl. The van der Waals surface area contributed by atoms with Crippen molar-refractivity contribution in [1.29, 1.82) is 0 Å². The Kier molecular flexibility index (Phi) is 5.54. The van der Waals surface area contributed by atoms with Crippen molar-refractivity contribution in [3.05, 3.63) is 59.1 Å². The maximum atomic E-state index is 6.03. The summed E-state index contributed by atoms with van der Waals surface area (Å²) in [4.78, 5) is 0. The molecule has 0 aromatic heterocycles. The molecule has 21 heavy (non-hydrogen) atoms. The van der Waals surface area contributed by atoms with Crippen molar-refractivity contribution in [2.45, 2.75) is 0 Å². The molecule has 0 aliphatic heterocycles. The molecule has 0 unspecified atom stereocenters. The van der Waals surface area contributed by atoms with Gasteiger partial charge in [0, 0.05) is 5.56 Å². The summed E-state index contributed by atoms with van der Waals surface area (Å²) >= 11 is 11.2. The number of benzene rings is 2. The molecule has 0 amide bonds. The van der Waals surface area contributed by atoms with Crippen LogP contribution in [0.1, 0.15) is 5.56 Å². The van der Waals surface area contributed by atoms with Crippen LogP contribution in [0.15, 0.2) is 53.6 Å². The van der Waals surface area contributed by atoms with E-state index in [0.717, 1.165) is 17.0 Å². The van der Waals surface area contributed by atoms with E-state index in [9.17, 15) is 0 Å².